The van der Waals surface area contributed by atoms with Crippen LogP contribution >= 0.6 is 22.6 Å². The van der Waals surface area contributed by atoms with Crippen molar-refractivity contribution in [2.75, 3.05) is 11.5 Å². The summed E-state index contributed by atoms with van der Waals surface area (Å²) in [6.45, 7) is 1.75. The van der Waals surface area contributed by atoms with Crippen LogP contribution in [0.25, 0.3) is 0 Å². The Hall–Kier alpha value is -0.740. The SMILES string of the molecule is CO[C@H]1O[C@H](CI)[C@@H](O)[C@H](OCc2ccccc2)[C@H]1NC(C)=O. The number of aliphatic hydroxyl groups is 1. The topological polar surface area (TPSA) is 77.0 Å². The van der Waals surface area contributed by atoms with E-state index in [1.807, 2.05) is 30.3 Å². The van der Waals surface area contributed by atoms with E-state index in [1.54, 1.807) is 0 Å². The fourth-order valence-corrected chi connectivity index (χ4v) is 3.33. The molecule has 0 radical (unpaired) electrons. The molecule has 0 spiro atoms. The zero-order chi connectivity index (χ0) is 16.8. The van der Waals surface area contributed by atoms with E-state index < -0.39 is 30.6 Å². The third-order valence-corrected chi connectivity index (χ3v) is 4.58. The average molecular weight is 435 g/mol. The molecule has 7 heteroatoms. The molecule has 1 aliphatic heterocycles. The molecule has 1 amide bonds. The van der Waals surface area contributed by atoms with Crippen molar-refractivity contribution in [3.05, 3.63) is 35.9 Å². The van der Waals surface area contributed by atoms with E-state index in [0.29, 0.717) is 11.0 Å². The summed E-state index contributed by atoms with van der Waals surface area (Å²) < 4.78 is 17.6. The van der Waals surface area contributed by atoms with Gasteiger partial charge in [-0.1, -0.05) is 52.9 Å². The third-order valence-electron chi connectivity index (χ3n) is 3.71. The summed E-state index contributed by atoms with van der Waals surface area (Å²) in [4.78, 5) is 11.5. The van der Waals surface area contributed by atoms with Crippen molar-refractivity contribution in [2.45, 2.75) is 44.2 Å². The number of carbonyl (C=O) groups excluding carboxylic acids is 1. The van der Waals surface area contributed by atoms with Crippen LogP contribution in [0.1, 0.15) is 12.5 Å². The van der Waals surface area contributed by atoms with Gasteiger partial charge in [-0.2, -0.15) is 0 Å². The fraction of sp³-hybridized carbons (Fsp3) is 0.562. The van der Waals surface area contributed by atoms with Crippen LogP contribution in [0.5, 0.6) is 0 Å². The Labute approximate surface area is 149 Å². The van der Waals surface area contributed by atoms with Crippen LogP contribution in [0.15, 0.2) is 30.3 Å². The summed E-state index contributed by atoms with van der Waals surface area (Å²) in [7, 11) is 1.51. The molecule has 1 aromatic rings. The van der Waals surface area contributed by atoms with Crippen LogP contribution in [0.3, 0.4) is 0 Å². The largest absolute Gasteiger partial charge is 0.388 e. The fourth-order valence-electron chi connectivity index (χ4n) is 2.60. The minimum Gasteiger partial charge on any atom is -0.388 e. The molecule has 0 aliphatic carbocycles. The van der Waals surface area contributed by atoms with E-state index in [1.165, 1.54) is 14.0 Å². The first-order chi connectivity index (χ1) is 11.1. The summed E-state index contributed by atoms with van der Waals surface area (Å²) in [6, 6.07) is 9.10. The van der Waals surface area contributed by atoms with Crippen LogP contribution in [-0.2, 0) is 25.6 Å². The van der Waals surface area contributed by atoms with Crippen LogP contribution in [-0.4, -0.2) is 53.2 Å². The highest BCUT2D eigenvalue weighted by Crippen LogP contribution is 2.26. The number of halogens is 1. The molecule has 1 heterocycles. The van der Waals surface area contributed by atoms with Gasteiger partial charge in [0, 0.05) is 18.5 Å². The van der Waals surface area contributed by atoms with E-state index in [0.717, 1.165) is 5.56 Å². The van der Waals surface area contributed by atoms with Crippen LogP contribution in [0.2, 0.25) is 0 Å². The smallest absolute Gasteiger partial charge is 0.217 e. The molecule has 5 atom stereocenters. The third kappa shape index (κ3) is 4.87. The number of aliphatic hydroxyl groups excluding tert-OH is 1. The number of ether oxygens (including phenoxy) is 3. The second-order valence-electron chi connectivity index (χ2n) is 5.41. The molecule has 0 saturated carbocycles. The van der Waals surface area contributed by atoms with E-state index in [-0.39, 0.29) is 5.91 Å². The molecule has 23 heavy (non-hydrogen) atoms. The Morgan fingerprint density at radius 3 is 2.65 bits per heavy atom. The molecular weight excluding hydrogens is 413 g/mol. The average Bonchev–Trinajstić information content (AvgIpc) is 2.55. The Kier molecular flexibility index (Phi) is 7.22. The molecule has 1 aromatic carbocycles. The molecule has 2 rings (SSSR count). The summed E-state index contributed by atoms with van der Waals surface area (Å²) in [6.07, 6.45) is -2.54. The van der Waals surface area contributed by atoms with Crippen molar-refractivity contribution in [1.82, 2.24) is 5.32 Å². The Balaban J connectivity index is 2.15. The molecule has 0 bridgehead atoms. The number of methoxy groups -OCH3 is 1. The van der Waals surface area contributed by atoms with Crippen LogP contribution in [0, 0.1) is 0 Å². The van der Waals surface area contributed by atoms with Gasteiger partial charge in [0.15, 0.2) is 6.29 Å². The number of hydrogen-bond donors (Lipinski definition) is 2. The number of amides is 1. The molecule has 1 aliphatic rings. The highest BCUT2D eigenvalue weighted by atomic mass is 127. The highest BCUT2D eigenvalue weighted by Gasteiger charge is 2.46. The van der Waals surface area contributed by atoms with Crippen molar-refractivity contribution in [3.63, 3.8) is 0 Å². The second-order valence-corrected chi connectivity index (χ2v) is 6.29. The lowest BCUT2D eigenvalue weighted by Crippen LogP contribution is -2.64. The van der Waals surface area contributed by atoms with Crippen molar-refractivity contribution >= 4 is 28.5 Å². The number of carbonyl (C=O) groups is 1. The molecule has 6 nitrogen and oxygen atoms in total. The molecular formula is C16H22INO5. The van der Waals surface area contributed by atoms with Gasteiger partial charge >= 0.3 is 0 Å². The lowest BCUT2D eigenvalue weighted by atomic mass is 9.97. The van der Waals surface area contributed by atoms with Gasteiger partial charge in [-0.15, -0.1) is 0 Å². The van der Waals surface area contributed by atoms with Gasteiger partial charge in [0.25, 0.3) is 0 Å². The van der Waals surface area contributed by atoms with E-state index in [4.69, 9.17) is 14.2 Å². The van der Waals surface area contributed by atoms with E-state index in [2.05, 4.69) is 27.9 Å². The molecule has 2 N–H and O–H groups in total. The maximum absolute atomic E-state index is 11.5. The first-order valence-corrected chi connectivity index (χ1v) is 8.94. The summed E-state index contributed by atoms with van der Waals surface area (Å²) in [5.41, 5.74) is 0.993. The van der Waals surface area contributed by atoms with Crippen molar-refractivity contribution in [1.29, 1.82) is 0 Å². The van der Waals surface area contributed by atoms with E-state index >= 15 is 0 Å². The Morgan fingerprint density at radius 1 is 1.39 bits per heavy atom. The van der Waals surface area contributed by atoms with Gasteiger partial charge in [-0.25, -0.2) is 0 Å². The molecule has 1 fully saturated rings. The standard InChI is InChI=1S/C16H22INO5/c1-10(19)18-13-15(22-9-11-6-4-3-5-7-11)14(20)12(8-17)23-16(13)21-2/h3-7,12-16,20H,8-9H2,1-2H3,(H,18,19)/t12-,13-,14-,15-,16+/m1/s1. The van der Waals surface area contributed by atoms with Crippen molar-refractivity contribution in [2.24, 2.45) is 0 Å². The minimum absolute atomic E-state index is 0.228. The lowest BCUT2D eigenvalue weighted by Gasteiger charge is -2.43. The maximum Gasteiger partial charge on any atom is 0.217 e. The Bertz CT molecular complexity index is 501. The maximum atomic E-state index is 11.5. The number of hydrogen-bond acceptors (Lipinski definition) is 5. The summed E-state index contributed by atoms with van der Waals surface area (Å²) in [5.74, 6) is -0.228. The monoisotopic (exact) mass is 435 g/mol. The first-order valence-electron chi connectivity index (χ1n) is 7.41. The van der Waals surface area contributed by atoms with Gasteiger partial charge in [-0.05, 0) is 5.56 Å². The van der Waals surface area contributed by atoms with Gasteiger partial charge < -0.3 is 24.6 Å². The van der Waals surface area contributed by atoms with Gasteiger partial charge in [0.2, 0.25) is 5.91 Å². The summed E-state index contributed by atoms with van der Waals surface area (Å²) in [5, 5.41) is 13.3. The minimum atomic E-state index is -0.848. The predicted octanol–water partition coefficient (Wildman–Crippen LogP) is 1.24. The van der Waals surface area contributed by atoms with Gasteiger partial charge in [-0.3, -0.25) is 4.79 Å². The van der Waals surface area contributed by atoms with Crippen molar-refractivity contribution in [3.8, 4) is 0 Å². The molecule has 128 valence electrons. The molecule has 0 aromatic heterocycles. The quantitative estimate of drug-likeness (QED) is 0.520. The lowest BCUT2D eigenvalue weighted by molar-refractivity contribution is -0.260. The van der Waals surface area contributed by atoms with Crippen LogP contribution in [0.4, 0.5) is 0 Å². The number of nitrogens with one attached hydrogen (secondary N) is 1. The normalized spacial score (nSPS) is 30.9. The Morgan fingerprint density at radius 2 is 2.09 bits per heavy atom. The van der Waals surface area contributed by atoms with Crippen LogP contribution < -0.4 is 5.32 Å². The van der Waals surface area contributed by atoms with E-state index in [9.17, 15) is 9.90 Å². The van der Waals surface area contributed by atoms with Gasteiger partial charge in [0.05, 0.1) is 12.7 Å². The second kappa shape index (κ2) is 8.93. The molecule has 0 unspecified atom stereocenters. The molecule has 1 saturated heterocycles. The highest BCUT2D eigenvalue weighted by molar-refractivity contribution is 14.1. The number of alkyl halides is 1. The zero-order valence-electron chi connectivity index (χ0n) is 13.1. The summed E-state index contributed by atoms with van der Waals surface area (Å²) >= 11 is 2.15. The number of rotatable bonds is 6. The first kappa shape index (κ1) is 18.6. The van der Waals surface area contributed by atoms with Gasteiger partial charge in [0.1, 0.15) is 18.2 Å². The van der Waals surface area contributed by atoms with Crippen molar-refractivity contribution < 1.29 is 24.1 Å². The zero-order valence-corrected chi connectivity index (χ0v) is 15.3. The predicted molar refractivity (Wildman–Crippen MR) is 93.2 cm³/mol. The number of benzene rings is 1.